The first-order valence-corrected chi connectivity index (χ1v) is 6.37. The first-order valence-electron chi connectivity index (χ1n) is 6.37. The molecule has 88 valence electrons. The fourth-order valence-corrected chi connectivity index (χ4v) is 2.55. The summed E-state index contributed by atoms with van der Waals surface area (Å²) in [6, 6.07) is -0.242. The molecule has 1 aliphatic rings. The van der Waals surface area contributed by atoms with Gasteiger partial charge >= 0.3 is 0 Å². The molecule has 0 aromatic rings. The Bertz CT molecular complexity index is 197. The van der Waals surface area contributed by atoms with Crippen LogP contribution in [0.15, 0.2) is 0 Å². The number of hydrogen-bond acceptors (Lipinski definition) is 2. The lowest BCUT2D eigenvalue weighted by Crippen LogP contribution is -2.35. The Morgan fingerprint density at radius 2 is 1.93 bits per heavy atom. The molecule has 2 nitrogen and oxygen atoms in total. The Morgan fingerprint density at radius 1 is 1.33 bits per heavy atom. The molecule has 2 atom stereocenters. The summed E-state index contributed by atoms with van der Waals surface area (Å²) in [7, 11) is 0. The standard InChI is InChI=1S/C13H25NO/c1-10(13(14)11(2)15)8-9-12-6-4-3-5-7-12/h10,12-13H,3-9,14H2,1-2H3/t10-,13-/m1/s1. The Kier molecular flexibility index (Phi) is 5.30. The monoisotopic (exact) mass is 211 g/mol. The maximum absolute atomic E-state index is 11.1. The lowest BCUT2D eigenvalue weighted by molar-refractivity contribution is -0.119. The molecule has 1 fully saturated rings. The highest BCUT2D eigenvalue weighted by atomic mass is 16.1. The van der Waals surface area contributed by atoms with Gasteiger partial charge in [0.05, 0.1) is 6.04 Å². The summed E-state index contributed by atoms with van der Waals surface area (Å²) in [5, 5.41) is 0. The molecule has 1 rings (SSSR count). The van der Waals surface area contributed by atoms with Crippen LogP contribution in [0.4, 0.5) is 0 Å². The Morgan fingerprint density at radius 3 is 2.47 bits per heavy atom. The highest BCUT2D eigenvalue weighted by molar-refractivity contribution is 5.81. The number of Topliss-reactive ketones (excluding diaryl/α,β-unsaturated/α-hetero) is 1. The minimum atomic E-state index is -0.242. The third kappa shape index (κ3) is 4.33. The van der Waals surface area contributed by atoms with Crippen molar-refractivity contribution >= 4 is 5.78 Å². The van der Waals surface area contributed by atoms with Gasteiger partial charge in [-0.05, 0) is 25.2 Å². The summed E-state index contributed by atoms with van der Waals surface area (Å²) in [5.41, 5.74) is 5.83. The minimum Gasteiger partial charge on any atom is -0.321 e. The topological polar surface area (TPSA) is 43.1 Å². The largest absolute Gasteiger partial charge is 0.321 e. The molecular weight excluding hydrogens is 186 g/mol. The van der Waals surface area contributed by atoms with E-state index < -0.39 is 0 Å². The predicted molar refractivity (Wildman–Crippen MR) is 63.6 cm³/mol. The van der Waals surface area contributed by atoms with E-state index in [1.807, 2.05) is 0 Å². The van der Waals surface area contributed by atoms with Gasteiger partial charge in [-0.25, -0.2) is 0 Å². The van der Waals surface area contributed by atoms with Crippen LogP contribution in [-0.4, -0.2) is 11.8 Å². The number of ketones is 1. The summed E-state index contributed by atoms with van der Waals surface area (Å²) in [4.78, 5) is 11.1. The smallest absolute Gasteiger partial charge is 0.146 e. The van der Waals surface area contributed by atoms with Crippen LogP contribution in [-0.2, 0) is 4.79 Å². The van der Waals surface area contributed by atoms with Gasteiger partial charge in [0.2, 0.25) is 0 Å². The molecule has 0 radical (unpaired) electrons. The van der Waals surface area contributed by atoms with Crippen LogP contribution in [0, 0.1) is 11.8 Å². The third-order valence-corrected chi connectivity index (χ3v) is 3.84. The van der Waals surface area contributed by atoms with E-state index in [0.717, 1.165) is 12.3 Å². The van der Waals surface area contributed by atoms with Crippen LogP contribution in [0.3, 0.4) is 0 Å². The second-order valence-electron chi connectivity index (χ2n) is 5.20. The number of rotatable bonds is 5. The lowest BCUT2D eigenvalue weighted by atomic mass is 9.83. The van der Waals surface area contributed by atoms with Crippen molar-refractivity contribution in [3.8, 4) is 0 Å². The SMILES string of the molecule is CC(=O)[C@H](N)[C@H](C)CCC1CCCCC1. The Labute approximate surface area is 93.6 Å². The fourth-order valence-electron chi connectivity index (χ4n) is 2.55. The molecule has 1 aliphatic carbocycles. The van der Waals surface area contributed by atoms with E-state index >= 15 is 0 Å². The normalized spacial score (nSPS) is 22.3. The fraction of sp³-hybridized carbons (Fsp3) is 0.923. The van der Waals surface area contributed by atoms with Gasteiger partial charge in [-0.3, -0.25) is 4.79 Å². The number of nitrogens with two attached hydrogens (primary N) is 1. The van der Waals surface area contributed by atoms with Crippen LogP contribution in [0.5, 0.6) is 0 Å². The zero-order valence-corrected chi connectivity index (χ0v) is 10.2. The minimum absolute atomic E-state index is 0.131. The summed E-state index contributed by atoms with van der Waals surface area (Å²) in [6.07, 6.45) is 9.38. The second kappa shape index (κ2) is 6.26. The van der Waals surface area contributed by atoms with Crippen molar-refractivity contribution in [3.63, 3.8) is 0 Å². The molecule has 15 heavy (non-hydrogen) atoms. The number of carbonyl (C=O) groups excluding carboxylic acids is 1. The summed E-state index contributed by atoms with van der Waals surface area (Å²) in [5.74, 6) is 1.39. The van der Waals surface area contributed by atoms with E-state index in [4.69, 9.17) is 5.73 Å². The molecule has 0 heterocycles. The van der Waals surface area contributed by atoms with Crippen molar-refractivity contribution in [3.05, 3.63) is 0 Å². The molecule has 0 unspecified atom stereocenters. The Balaban J connectivity index is 2.20. The van der Waals surface area contributed by atoms with Crippen molar-refractivity contribution in [2.75, 3.05) is 0 Å². The van der Waals surface area contributed by atoms with Gasteiger partial charge in [-0.2, -0.15) is 0 Å². The first-order chi connectivity index (χ1) is 7.11. The molecule has 0 bridgehead atoms. The highest BCUT2D eigenvalue weighted by Crippen LogP contribution is 2.28. The molecule has 0 aromatic carbocycles. The van der Waals surface area contributed by atoms with E-state index in [1.165, 1.54) is 38.5 Å². The van der Waals surface area contributed by atoms with E-state index in [9.17, 15) is 4.79 Å². The molecule has 2 N–H and O–H groups in total. The maximum Gasteiger partial charge on any atom is 0.146 e. The van der Waals surface area contributed by atoms with Crippen LogP contribution in [0.25, 0.3) is 0 Å². The molecule has 0 aliphatic heterocycles. The van der Waals surface area contributed by atoms with Crippen LogP contribution >= 0.6 is 0 Å². The van der Waals surface area contributed by atoms with Crippen molar-refractivity contribution in [2.45, 2.75) is 64.8 Å². The van der Waals surface area contributed by atoms with E-state index in [2.05, 4.69) is 6.92 Å². The van der Waals surface area contributed by atoms with Gasteiger partial charge in [0.25, 0.3) is 0 Å². The summed E-state index contributed by atoms with van der Waals surface area (Å²) < 4.78 is 0. The van der Waals surface area contributed by atoms with Crippen molar-refractivity contribution in [1.29, 1.82) is 0 Å². The molecule has 0 amide bonds. The molecule has 0 spiro atoms. The number of carbonyl (C=O) groups is 1. The average molecular weight is 211 g/mol. The van der Waals surface area contributed by atoms with Crippen molar-refractivity contribution in [1.82, 2.24) is 0 Å². The molecule has 1 saturated carbocycles. The van der Waals surface area contributed by atoms with Gasteiger partial charge in [-0.1, -0.05) is 45.4 Å². The third-order valence-electron chi connectivity index (χ3n) is 3.84. The van der Waals surface area contributed by atoms with Gasteiger partial charge < -0.3 is 5.73 Å². The first kappa shape index (κ1) is 12.7. The van der Waals surface area contributed by atoms with Crippen LogP contribution in [0.2, 0.25) is 0 Å². The van der Waals surface area contributed by atoms with Gasteiger partial charge in [-0.15, -0.1) is 0 Å². The van der Waals surface area contributed by atoms with E-state index in [-0.39, 0.29) is 11.8 Å². The molecular formula is C13H25NO. The van der Waals surface area contributed by atoms with Gasteiger partial charge in [0.15, 0.2) is 0 Å². The van der Waals surface area contributed by atoms with E-state index in [0.29, 0.717) is 5.92 Å². The van der Waals surface area contributed by atoms with Gasteiger partial charge in [0.1, 0.15) is 5.78 Å². The van der Waals surface area contributed by atoms with Crippen LogP contribution < -0.4 is 5.73 Å². The average Bonchev–Trinajstić information content (AvgIpc) is 2.26. The summed E-state index contributed by atoms with van der Waals surface area (Å²) >= 11 is 0. The molecule has 0 aromatic heterocycles. The van der Waals surface area contributed by atoms with Gasteiger partial charge in [0, 0.05) is 0 Å². The quantitative estimate of drug-likeness (QED) is 0.760. The zero-order valence-electron chi connectivity index (χ0n) is 10.2. The molecule has 0 saturated heterocycles. The lowest BCUT2D eigenvalue weighted by Gasteiger charge is -2.24. The Hall–Kier alpha value is -0.370. The van der Waals surface area contributed by atoms with Crippen LogP contribution in [0.1, 0.15) is 58.8 Å². The highest BCUT2D eigenvalue weighted by Gasteiger charge is 2.19. The maximum atomic E-state index is 11.1. The second-order valence-corrected chi connectivity index (χ2v) is 5.20. The molecule has 2 heteroatoms. The number of hydrogen-bond donors (Lipinski definition) is 1. The summed E-state index contributed by atoms with van der Waals surface area (Å²) in [6.45, 7) is 3.71. The zero-order chi connectivity index (χ0) is 11.3. The van der Waals surface area contributed by atoms with Crippen molar-refractivity contribution in [2.24, 2.45) is 17.6 Å². The predicted octanol–water partition coefficient (Wildman–Crippen LogP) is 2.90. The van der Waals surface area contributed by atoms with Crippen molar-refractivity contribution < 1.29 is 4.79 Å². The van der Waals surface area contributed by atoms with E-state index in [1.54, 1.807) is 6.92 Å².